The number of fused-ring (bicyclic) bond motifs is 1. The average molecular weight is 407 g/mol. The minimum Gasteiger partial charge on any atom is -0.399 e. The molecule has 154 valence electrons. The van der Waals surface area contributed by atoms with Crippen LogP contribution in [-0.4, -0.2) is 23.3 Å². The van der Waals surface area contributed by atoms with E-state index in [2.05, 4.69) is 94.4 Å². The van der Waals surface area contributed by atoms with Crippen molar-refractivity contribution < 1.29 is 9.31 Å². The predicted octanol–water partition coefficient (Wildman–Crippen LogP) is 5.87. The summed E-state index contributed by atoms with van der Waals surface area (Å²) in [7, 11) is -0.388. The zero-order valence-electron chi connectivity index (χ0n) is 18.4. The van der Waals surface area contributed by atoms with Crippen LogP contribution >= 0.6 is 0 Å². The van der Waals surface area contributed by atoms with Gasteiger partial charge in [0, 0.05) is 17.1 Å². The second-order valence-corrected chi connectivity index (χ2v) is 9.18. The highest BCUT2D eigenvalue weighted by Gasteiger charge is 2.51. The van der Waals surface area contributed by atoms with Crippen molar-refractivity contribution in [1.82, 2.24) is 4.98 Å². The lowest BCUT2D eigenvalue weighted by Gasteiger charge is -2.32. The average Bonchev–Trinajstić information content (AvgIpc) is 3.00. The molecule has 0 spiro atoms. The fourth-order valence-electron chi connectivity index (χ4n) is 4.04. The van der Waals surface area contributed by atoms with Crippen molar-refractivity contribution in [1.29, 1.82) is 0 Å². The van der Waals surface area contributed by atoms with Gasteiger partial charge in [-0.2, -0.15) is 0 Å². The van der Waals surface area contributed by atoms with Gasteiger partial charge >= 0.3 is 7.12 Å². The minimum absolute atomic E-state index is 0.366. The summed E-state index contributed by atoms with van der Waals surface area (Å²) in [4.78, 5) is 4.70. The van der Waals surface area contributed by atoms with Crippen LogP contribution in [0.25, 0.3) is 33.2 Å². The van der Waals surface area contributed by atoms with Crippen molar-refractivity contribution >= 4 is 23.5 Å². The molecule has 4 aromatic rings. The van der Waals surface area contributed by atoms with Crippen LogP contribution in [-0.2, 0) is 9.31 Å². The van der Waals surface area contributed by atoms with E-state index in [1.165, 1.54) is 11.1 Å². The fourth-order valence-corrected chi connectivity index (χ4v) is 4.04. The number of hydrogen-bond donors (Lipinski definition) is 0. The maximum absolute atomic E-state index is 6.28. The summed E-state index contributed by atoms with van der Waals surface area (Å²) in [5.74, 6) is 0. The first kappa shape index (κ1) is 20.0. The Morgan fingerprint density at radius 1 is 0.677 bits per heavy atom. The summed E-state index contributed by atoms with van der Waals surface area (Å²) >= 11 is 0. The SMILES string of the molecule is CC1(C)OB(c2cccc(-c3cc(-c4ccccc4)cc4cccnc34)c2)OC1(C)C. The normalized spacial score (nSPS) is 17.2. The number of pyridine rings is 1. The van der Waals surface area contributed by atoms with Gasteiger partial charge in [-0.1, -0.05) is 60.7 Å². The van der Waals surface area contributed by atoms with E-state index in [-0.39, 0.29) is 18.3 Å². The Morgan fingerprint density at radius 3 is 2.13 bits per heavy atom. The first-order valence-electron chi connectivity index (χ1n) is 10.7. The van der Waals surface area contributed by atoms with Crippen molar-refractivity contribution in [3.63, 3.8) is 0 Å². The molecule has 0 saturated carbocycles. The molecule has 5 rings (SSSR count). The highest BCUT2D eigenvalue weighted by Crippen LogP contribution is 2.37. The van der Waals surface area contributed by atoms with Crippen LogP contribution < -0.4 is 5.46 Å². The molecule has 1 fully saturated rings. The van der Waals surface area contributed by atoms with Crippen molar-refractivity contribution in [2.45, 2.75) is 38.9 Å². The van der Waals surface area contributed by atoms with Gasteiger partial charge in [0.05, 0.1) is 16.7 Å². The van der Waals surface area contributed by atoms with Crippen LogP contribution in [0, 0.1) is 0 Å². The summed E-state index contributed by atoms with van der Waals surface area (Å²) in [6.07, 6.45) is 1.85. The lowest BCUT2D eigenvalue weighted by atomic mass is 9.77. The van der Waals surface area contributed by atoms with Crippen LogP contribution in [0.5, 0.6) is 0 Å². The van der Waals surface area contributed by atoms with E-state index in [0.29, 0.717) is 0 Å². The van der Waals surface area contributed by atoms with Gasteiger partial charge in [-0.15, -0.1) is 0 Å². The molecule has 0 unspecified atom stereocenters. The van der Waals surface area contributed by atoms with Gasteiger partial charge in [0.25, 0.3) is 0 Å². The maximum Gasteiger partial charge on any atom is 0.494 e. The molecule has 3 nitrogen and oxygen atoms in total. The van der Waals surface area contributed by atoms with Crippen LogP contribution in [0.3, 0.4) is 0 Å². The van der Waals surface area contributed by atoms with E-state index >= 15 is 0 Å². The number of benzene rings is 3. The number of hydrogen-bond acceptors (Lipinski definition) is 3. The molecule has 0 bridgehead atoms. The molecule has 2 heterocycles. The third kappa shape index (κ3) is 3.56. The largest absolute Gasteiger partial charge is 0.494 e. The molecule has 4 heteroatoms. The molecular weight excluding hydrogens is 381 g/mol. The van der Waals surface area contributed by atoms with Gasteiger partial charge in [0.1, 0.15) is 0 Å². The number of rotatable bonds is 3. The monoisotopic (exact) mass is 407 g/mol. The van der Waals surface area contributed by atoms with Crippen LogP contribution in [0.15, 0.2) is 85.1 Å². The topological polar surface area (TPSA) is 31.4 Å². The second kappa shape index (κ2) is 7.33. The summed E-state index contributed by atoms with van der Waals surface area (Å²) in [6, 6.07) is 27.5. The first-order valence-corrected chi connectivity index (χ1v) is 10.7. The van der Waals surface area contributed by atoms with E-state index < -0.39 is 0 Å². The molecule has 1 saturated heterocycles. The van der Waals surface area contributed by atoms with Gasteiger partial charge in [-0.3, -0.25) is 4.98 Å². The molecule has 0 N–H and O–H groups in total. The third-order valence-corrected chi connectivity index (χ3v) is 6.54. The van der Waals surface area contributed by atoms with Crippen LogP contribution in [0.2, 0.25) is 0 Å². The molecule has 1 aliphatic rings. The third-order valence-electron chi connectivity index (χ3n) is 6.54. The smallest absolute Gasteiger partial charge is 0.399 e. The summed E-state index contributed by atoms with van der Waals surface area (Å²) in [5.41, 5.74) is 5.86. The summed E-state index contributed by atoms with van der Waals surface area (Å²) in [6.45, 7) is 8.32. The fraction of sp³-hybridized carbons (Fsp3) is 0.222. The molecule has 3 aromatic carbocycles. The molecule has 1 aliphatic heterocycles. The Labute approximate surface area is 184 Å². The standard InChI is InChI=1S/C27H26BNO2/c1-26(2)27(3,4)31-28(30-26)23-14-8-12-20(17-23)24-18-22(19-10-6-5-7-11-19)16-21-13-9-15-29-25(21)24/h5-18H,1-4H3. The van der Waals surface area contributed by atoms with Crippen molar-refractivity contribution in [2.24, 2.45) is 0 Å². The quantitative estimate of drug-likeness (QED) is 0.398. The molecule has 0 aliphatic carbocycles. The van der Waals surface area contributed by atoms with Gasteiger partial charge < -0.3 is 9.31 Å². The number of nitrogens with zero attached hydrogens (tertiary/aromatic N) is 1. The molecule has 0 amide bonds. The van der Waals surface area contributed by atoms with Crippen molar-refractivity contribution in [2.75, 3.05) is 0 Å². The molecule has 0 atom stereocenters. The van der Waals surface area contributed by atoms with E-state index in [0.717, 1.165) is 27.5 Å². The minimum atomic E-state index is -0.388. The summed E-state index contributed by atoms with van der Waals surface area (Å²) in [5, 5.41) is 1.12. The Balaban J connectivity index is 1.63. The Morgan fingerprint density at radius 2 is 1.39 bits per heavy atom. The lowest BCUT2D eigenvalue weighted by molar-refractivity contribution is 0.00578. The Bertz CT molecular complexity index is 1230. The Hall–Kier alpha value is -2.95. The van der Waals surface area contributed by atoms with Gasteiger partial charge in [-0.05, 0) is 68.0 Å². The van der Waals surface area contributed by atoms with Gasteiger partial charge in [-0.25, -0.2) is 0 Å². The molecule has 0 radical (unpaired) electrons. The second-order valence-electron chi connectivity index (χ2n) is 9.18. The predicted molar refractivity (Wildman–Crippen MR) is 128 cm³/mol. The van der Waals surface area contributed by atoms with Crippen LogP contribution in [0.1, 0.15) is 27.7 Å². The van der Waals surface area contributed by atoms with Crippen LogP contribution in [0.4, 0.5) is 0 Å². The molecular formula is C27H26BNO2. The summed E-state index contributed by atoms with van der Waals surface area (Å²) < 4.78 is 12.6. The Kier molecular flexibility index (Phi) is 4.73. The lowest BCUT2D eigenvalue weighted by Crippen LogP contribution is -2.41. The highest BCUT2D eigenvalue weighted by atomic mass is 16.7. The highest BCUT2D eigenvalue weighted by molar-refractivity contribution is 6.62. The zero-order chi connectivity index (χ0) is 21.6. The van der Waals surface area contributed by atoms with E-state index in [1.807, 2.05) is 18.3 Å². The van der Waals surface area contributed by atoms with E-state index in [9.17, 15) is 0 Å². The molecule has 31 heavy (non-hydrogen) atoms. The zero-order valence-corrected chi connectivity index (χ0v) is 18.4. The number of aromatic nitrogens is 1. The maximum atomic E-state index is 6.28. The first-order chi connectivity index (χ1) is 14.8. The van der Waals surface area contributed by atoms with Crippen molar-refractivity contribution in [3.05, 3.63) is 85.1 Å². The van der Waals surface area contributed by atoms with E-state index in [1.54, 1.807) is 0 Å². The van der Waals surface area contributed by atoms with Gasteiger partial charge in [0.15, 0.2) is 0 Å². The van der Waals surface area contributed by atoms with Crippen molar-refractivity contribution in [3.8, 4) is 22.3 Å². The van der Waals surface area contributed by atoms with Gasteiger partial charge in [0.2, 0.25) is 0 Å². The molecule has 1 aromatic heterocycles. The van der Waals surface area contributed by atoms with E-state index in [4.69, 9.17) is 14.3 Å².